The lowest BCUT2D eigenvalue weighted by Gasteiger charge is -2.10. The Morgan fingerprint density at radius 2 is 1.83 bits per heavy atom. The van der Waals surface area contributed by atoms with Gasteiger partial charge < -0.3 is 9.47 Å². The van der Waals surface area contributed by atoms with Gasteiger partial charge in [0.15, 0.2) is 0 Å². The summed E-state index contributed by atoms with van der Waals surface area (Å²) in [5.74, 6) is -0.0359. The second-order valence-electron chi connectivity index (χ2n) is 5.23. The number of allylic oxidation sites excluding steroid dienone is 1. The summed E-state index contributed by atoms with van der Waals surface area (Å²) in [6.45, 7) is 1.88. The number of carbonyl (C=O) groups excluding carboxylic acids is 1. The van der Waals surface area contributed by atoms with Crippen LogP contribution < -0.4 is 4.74 Å². The average molecular weight is 314 g/mol. The van der Waals surface area contributed by atoms with E-state index < -0.39 is 0 Å². The summed E-state index contributed by atoms with van der Waals surface area (Å²) in [5, 5.41) is 0. The van der Waals surface area contributed by atoms with Gasteiger partial charge in [-0.3, -0.25) is 0 Å². The van der Waals surface area contributed by atoms with Crippen molar-refractivity contribution in [3.05, 3.63) is 65.5 Å². The van der Waals surface area contributed by atoms with Gasteiger partial charge in [-0.1, -0.05) is 29.8 Å². The van der Waals surface area contributed by atoms with Gasteiger partial charge in [-0.15, -0.1) is 0 Å². The fraction of sp³-hybridized carbons (Fsp3) is 0.211. The van der Waals surface area contributed by atoms with Crippen molar-refractivity contribution < 1.29 is 18.7 Å². The molecule has 0 aliphatic heterocycles. The Morgan fingerprint density at radius 1 is 1.13 bits per heavy atom. The van der Waals surface area contributed by atoms with E-state index in [0.717, 1.165) is 16.7 Å². The monoisotopic (exact) mass is 314 g/mol. The lowest BCUT2D eigenvalue weighted by atomic mass is 10.00. The molecule has 0 spiro atoms. The Kier molecular flexibility index (Phi) is 5.52. The summed E-state index contributed by atoms with van der Waals surface area (Å²) in [7, 11) is 2.92. The maximum Gasteiger partial charge on any atom is 0.330 e. The van der Waals surface area contributed by atoms with Gasteiger partial charge in [0.25, 0.3) is 0 Å². The van der Waals surface area contributed by atoms with Crippen LogP contribution in [-0.4, -0.2) is 20.2 Å². The molecule has 2 aromatic carbocycles. The van der Waals surface area contributed by atoms with Gasteiger partial charge in [-0.25, -0.2) is 9.18 Å². The first-order chi connectivity index (χ1) is 11.0. The highest BCUT2D eigenvalue weighted by Gasteiger charge is 2.07. The zero-order chi connectivity index (χ0) is 16.8. The highest BCUT2D eigenvalue weighted by Crippen LogP contribution is 2.30. The second kappa shape index (κ2) is 7.58. The molecule has 0 unspecified atom stereocenters. The van der Waals surface area contributed by atoms with E-state index in [1.54, 1.807) is 13.2 Å². The molecule has 0 aliphatic carbocycles. The minimum absolute atomic E-state index is 0.304. The Labute approximate surface area is 135 Å². The molecule has 0 aromatic heterocycles. The van der Waals surface area contributed by atoms with E-state index in [1.807, 2.05) is 31.2 Å². The molecular weight excluding hydrogens is 295 g/mol. The summed E-state index contributed by atoms with van der Waals surface area (Å²) in [6, 6.07) is 12.2. The van der Waals surface area contributed by atoms with Crippen LogP contribution >= 0.6 is 0 Å². The molecule has 120 valence electrons. The smallest absolute Gasteiger partial charge is 0.330 e. The second-order valence-corrected chi connectivity index (χ2v) is 5.23. The van der Waals surface area contributed by atoms with Gasteiger partial charge in [0.1, 0.15) is 11.6 Å². The third-order valence-corrected chi connectivity index (χ3v) is 3.47. The predicted octanol–water partition coefficient (Wildman–Crippen LogP) is 4.16. The number of rotatable bonds is 5. The molecule has 3 nitrogen and oxygen atoms in total. The van der Waals surface area contributed by atoms with Crippen molar-refractivity contribution in [3.8, 4) is 16.9 Å². The van der Waals surface area contributed by atoms with E-state index in [-0.39, 0.29) is 11.8 Å². The summed E-state index contributed by atoms with van der Waals surface area (Å²) in [5.41, 5.74) is 3.55. The number of halogens is 1. The topological polar surface area (TPSA) is 35.5 Å². The molecule has 0 bridgehead atoms. The van der Waals surface area contributed by atoms with Crippen molar-refractivity contribution in [2.45, 2.75) is 13.3 Å². The van der Waals surface area contributed by atoms with Crippen molar-refractivity contribution in [1.82, 2.24) is 0 Å². The number of benzene rings is 2. The van der Waals surface area contributed by atoms with Crippen molar-refractivity contribution in [1.29, 1.82) is 0 Å². The van der Waals surface area contributed by atoms with Gasteiger partial charge in [-0.05, 0) is 42.7 Å². The molecule has 0 atom stereocenters. The lowest BCUT2D eigenvalue weighted by Crippen LogP contribution is -1.97. The van der Waals surface area contributed by atoms with Crippen molar-refractivity contribution in [2.24, 2.45) is 0 Å². The van der Waals surface area contributed by atoms with Crippen LogP contribution in [0.2, 0.25) is 0 Å². The van der Waals surface area contributed by atoms with Gasteiger partial charge in [0.2, 0.25) is 0 Å². The molecule has 23 heavy (non-hydrogen) atoms. The van der Waals surface area contributed by atoms with E-state index >= 15 is 0 Å². The molecular formula is C19H19FO3. The Hall–Kier alpha value is -2.62. The van der Waals surface area contributed by atoms with Crippen LogP contribution in [0.3, 0.4) is 0 Å². The maximum atomic E-state index is 13.5. The number of carbonyl (C=O) groups is 1. The lowest BCUT2D eigenvalue weighted by molar-refractivity contribution is -0.134. The zero-order valence-corrected chi connectivity index (χ0v) is 13.4. The normalized spacial score (nSPS) is 11.2. The number of methoxy groups -OCH3 is 2. The summed E-state index contributed by atoms with van der Waals surface area (Å²) in [4.78, 5) is 11.2. The van der Waals surface area contributed by atoms with E-state index in [0.29, 0.717) is 17.7 Å². The van der Waals surface area contributed by atoms with Crippen LogP contribution in [0.5, 0.6) is 5.75 Å². The Morgan fingerprint density at radius 3 is 2.43 bits per heavy atom. The third kappa shape index (κ3) is 4.42. The number of ether oxygens (including phenoxy) is 2. The number of esters is 1. The first kappa shape index (κ1) is 16.7. The van der Waals surface area contributed by atoms with E-state index in [4.69, 9.17) is 4.74 Å². The summed E-state index contributed by atoms with van der Waals surface area (Å²) in [6.07, 6.45) is 2.12. The minimum Gasteiger partial charge on any atom is -0.496 e. The summed E-state index contributed by atoms with van der Waals surface area (Å²) < 4.78 is 23.4. The SMILES string of the molecule is COC(=O)/C=C(\C)Cc1ccc(-c2cc(F)ccc2OC)cc1. The quantitative estimate of drug-likeness (QED) is 0.614. The molecule has 2 rings (SSSR count). The molecule has 0 saturated heterocycles. The highest BCUT2D eigenvalue weighted by molar-refractivity contribution is 5.82. The van der Waals surface area contributed by atoms with Crippen molar-refractivity contribution >= 4 is 5.97 Å². The molecule has 0 heterocycles. The molecule has 0 aliphatic rings. The van der Waals surface area contributed by atoms with Gasteiger partial charge in [0, 0.05) is 11.6 Å². The standard InChI is InChI=1S/C19H19FO3/c1-13(11-19(21)23-3)10-14-4-6-15(7-5-14)17-12-16(20)8-9-18(17)22-2/h4-9,11-12H,10H2,1-3H3/b13-11+. The average Bonchev–Trinajstić information content (AvgIpc) is 2.55. The highest BCUT2D eigenvalue weighted by atomic mass is 19.1. The van der Waals surface area contributed by atoms with Crippen LogP contribution in [-0.2, 0) is 16.0 Å². The molecule has 0 N–H and O–H groups in total. The van der Waals surface area contributed by atoms with Crippen LogP contribution in [0.25, 0.3) is 11.1 Å². The van der Waals surface area contributed by atoms with Gasteiger partial charge in [0.05, 0.1) is 14.2 Å². The minimum atomic E-state index is -0.358. The number of hydrogen-bond acceptors (Lipinski definition) is 3. The fourth-order valence-electron chi connectivity index (χ4n) is 2.34. The van der Waals surface area contributed by atoms with Crippen molar-refractivity contribution in [2.75, 3.05) is 14.2 Å². The molecule has 0 amide bonds. The maximum absolute atomic E-state index is 13.5. The molecule has 0 fully saturated rings. The molecule has 0 saturated carbocycles. The van der Waals surface area contributed by atoms with E-state index in [9.17, 15) is 9.18 Å². The van der Waals surface area contributed by atoms with Gasteiger partial charge >= 0.3 is 5.97 Å². The largest absolute Gasteiger partial charge is 0.496 e. The number of hydrogen-bond donors (Lipinski definition) is 0. The van der Waals surface area contributed by atoms with Crippen LogP contribution in [0.1, 0.15) is 12.5 Å². The molecule has 4 heteroatoms. The van der Waals surface area contributed by atoms with Crippen LogP contribution in [0.4, 0.5) is 4.39 Å². The summed E-state index contributed by atoms with van der Waals surface area (Å²) >= 11 is 0. The van der Waals surface area contributed by atoms with Gasteiger partial charge in [-0.2, -0.15) is 0 Å². The Balaban J connectivity index is 2.22. The zero-order valence-electron chi connectivity index (χ0n) is 13.4. The third-order valence-electron chi connectivity index (χ3n) is 3.47. The van der Waals surface area contributed by atoms with Crippen LogP contribution in [0.15, 0.2) is 54.1 Å². The molecule has 0 radical (unpaired) electrons. The first-order valence-corrected chi connectivity index (χ1v) is 7.21. The van der Waals surface area contributed by atoms with E-state index in [1.165, 1.54) is 25.3 Å². The molecule has 2 aromatic rings. The van der Waals surface area contributed by atoms with Crippen molar-refractivity contribution in [3.63, 3.8) is 0 Å². The first-order valence-electron chi connectivity index (χ1n) is 7.21. The Bertz CT molecular complexity index is 718. The predicted molar refractivity (Wildman–Crippen MR) is 87.9 cm³/mol. The van der Waals surface area contributed by atoms with Crippen LogP contribution in [0, 0.1) is 5.82 Å². The fourth-order valence-corrected chi connectivity index (χ4v) is 2.34. The van der Waals surface area contributed by atoms with E-state index in [2.05, 4.69) is 4.74 Å².